The standard InChI is InChI=1S/C27H18N4O7/c32-25-21(26(33)30(27(34)28-25)19-9-10-23-24(12-19)38-15-37-23)11-17-14-29(22-4-2-1-3-20(17)22)13-16-5-7-18(8-6-16)31(35)36/h1-12,14H,13,15H2,(H,28,32,34). The van der Waals surface area contributed by atoms with Crippen molar-refractivity contribution in [3.05, 3.63) is 99.7 Å². The van der Waals surface area contributed by atoms with Gasteiger partial charge in [-0.1, -0.05) is 30.3 Å². The number of aromatic nitrogens is 1. The van der Waals surface area contributed by atoms with Gasteiger partial charge in [0.05, 0.1) is 10.6 Å². The number of fused-ring (bicyclic) bond motifs is 2. The number of barbiturate groups is 1. The van der Waals surface area contributed by atoms with Gasteiger partial charge in [-0.05, 0) is 29.8 Å². The summed E-state index contributed by atoms with van der Waals surface area (Å²) in [7, 11) is 0. The molecule has 188 valence electrons. The third kappa shape index (κ3) is 3.91. The summed E-state index contributed by atoms with van der Waals surface area (Å²) < 4.78 is 12.6. The van der Waals surface area contributed by atoms with Crippen LogP contribution in [-0.2, 0) is 16.1 Å². The Hall–Kier alpha value is -5.45. The number of benzene rings is 3. The normalized spacial score (nSPS) is 15.8. The third-order valence-electron chi connectivity index (χ3n) is 6.34. The van der Waals surface area contributed by atoms with Crippen LogP contribution in [0.1, 0.15) is 11.1 Å². The van der Waals surface area contributed by atoms with Crippen LogP contribution in [0.2, 0.25) is 0 Å². The van der Waals surface area contributed by atoms with E-state index in [1.54, 1.807) is 24.4 Å². The first-order chi connectivity index (χ1) is 18.4. The molecule has 1 N–H and O–H groups in total. The summed E-state index contributed by atoms with van der Waals surface area (Å²) in [4.78, 5) is 50.2. The lowest BCUT2D eigenvalue weighted by molar-refractivity contribution is -0.384. The molecule has 11 nitrogen and oxygen atoms in total. The van der Waals surface area contributed by atoms with E-state index in [4.69, 9.17) is 9.47 Å². The fourth-order valence-corrected chi connectivity index (χ4v) is 4.51. The summed E-state index contributed by atoms with van der Waals surface area (Å²) in [6.07, 6.45) is 3.25. The molecular formula is C27H18N4O7. The number of nitro benzene ring substituents is 1. The van der Waals surface area contributed by atoms with Crippen LogP contribution in [0, 0.1) is 10.1 Å². The smallest absolute Gasteiger partial charge is 0.335 e. The van der Waals surface area contributed by atoms with E-state index in [-0.39, 0.29) is 23.7 Å². The van der Waals surface area contributed by atoms with Crippen molar-refractivity contribution in [2.24, 2.45) is 0 Å². The molecule has 1 saturated heterocycles. The fourth-order valence-electron chi connectivity index (χ4n) is 4.51. The van der Waals surface area contributed by atoms with Gasteiger partial charge >= 0.3 is 6.03 Å². The SMILES string of the molecule is O=C1NC(=O)N(c2ccc3c(c2)OCO3)C(=O)C1=Cc1cn(Cc2ccc([N+](=O)[O-])cc2)c2ccccc12. The number of imide groups is 2. The number of nitro groups is 1. The highest BCUT2D eigenvalue weighted by atomic mass is 16.7. The van der Waals surface area contributed by atoms with E-state index in [2.05, 4.69) is 5.32 Å². The maximum atomic E-state index is 13.4. The number of carbonyl (C=O) groups is 3. The lowest BCUT2D eigenvalue weighted by Gasteiger charge is -2.26. The Labute approximate surface area is 214 Å². The number of carbonyl (C=O) groups excluding carboxylic acids is 3. The second-order valence-corrected chi connectivity index (χ2v) is 8.65. The first-order valence-electron chi connectivity index (χ1n) is 11.5. The first-order valence-corrected chi connectivity index (χ1v) is 11.5. The second kappa shape index (κ2) is 8.89. The van der Waals surface area contributed by atoms with Gasteiger partial charge in [-0.25, -0.2) is 9.69 Å². The Kier molecular flexibility index (Phi) is 5.38. The molecule has 2 aliphatic heterocycles. The Balaban J connectivity index is 1.37. The Morgan fingerprint density at radius 1 is 0.974 bits per heavy atom. The molecule has 38 heavy (non-hydrogen) atoms. The molecule has 11 heteroatoms. The summed E-state index contributed by atoms with van der Waals surface area (Å²) in [5.41, 5.74) is 2.30. The van der Waals surface area contributed by atoms with Crippen molar-refractivity contribution in [3.63, 3.8) is 0 Å². The number of hydrogen-bond acceptors (Lipinski definition) is 7. The maximum Gasteiger partial charge on any atom is 0.335 e. The zero-order chi connectivity index (χ0) is 26.4. The van der Waals surface area contributed by atoms with Crippen LogP contribution in [0.15, 0.2) is 78.5 Å². The molecule has 3 aromatic carbocycles. The van der Waals surface area contributed by atoms with E-state index in [1.165, 1.54) is 30.3 Å². The predicted octanol–water partition coefficient (Wildman–Crippen LogP) is 3.99. The molecule has 4 aromatic rings. The van der Waals surface area contributed by atoms with Crippen LogP contribution in [-0.4, -0.2) is 34.1 Å². The van der Waals surface area contributed by atoms with Crippen LogP contribution in [0.5, 0.6) is 11.5 Å². The van der Waals surface area contributed by atoms with Gasteiger partial charge in [0.2, 0.25) is 6.79 Å². The zero-order valence-corrected chi connectivity index (χ0v) is 19.6. The number of nitrogens with one attached hydrogen (secondary N) is 1. The minimum absolute atomic E-state index is 0.0000734. The molecule has 3 heterocycles. The highest BCUT2D eigenvalue weighted by molar-refractivity contribution is 6.39. The minimum atomic E-state index is -0.864. The molecule has 2 aliphatic rings. The number of hydrogen-bond donors (Lipinski definition) is 1. The van der Waals surface area contributed by atoms with Crippen LogP contribution in [0.3, 0.4) is 0 Å². The lowest BCUT2D eigenvalue weighted by Crippen LogP contribution is -2.54. The minimum Gasteiger partial charge on any atom is -0.454 e. The maximum absolute atomic E-state index is 13.4. The van der Waals surface area contributed by atoms with Gasteiger partial charge in [0, 0.05) is 47.4 Å². The number of amides is 4. The summed E-state index contributed by atoms with van der Waals surface area (Å²) in [6, 6.07) is 17.5. The second-order valence-electron chi connectivity index (χ2n) is 8.65. The molecule has 1 fully saturated rings. The summed E-state index contributed by atoms with van der Waals surface area (Å²) >= 11 is 0. The predicted molar refractivity (Wildman–Crippen MR) is 136 cm³/mol. The van der Waals surface area contributed by atoms with Crippen molar-refractivity contribution in [1.29, 1.82) is 0 Å². The lowest BCUT2D eigenvalue weighted by atomic mass is 10.1. The molecule has 0 radical (unpaired) electrons. The van der Waals surface area contributed by atoms with Crippen molar-refractivity contribution in [2.45, 2.75) is 6.54 Å². The number of ether oxygens (including phenoxy) is 2. The molecular weight excluding hydrogens is 492 g/mol. The third-order valence-corrected chi connectivity index (χ3v) is 6.34. The molecule has 0 bridgehead atoms. The molecule has 6 rings (SSSR count). The molecule has 0 unspecified atom stereocenters. The largest absolute Gasteiger partial charge is 0.454 e. The highest BCUT2D eigenvalue weighted by Gasteiger charge is 2.37. The average molecular weight is 510 g/mol. The van der Waals surface area contributed by atoms with Gasteiger partial charge in [0.25, 0.3) is 17.5 Å². The number of anilines is 1. The van der Waals surface area contributed by atoms with Crippen molar-refractivity contribution in [2.75, 3.05) is 11.7 Å². The summed E-state index contributed by atoms with van der Waals surface area (Å²) in [6.45, 7) is 0.441. The summed E-state index contributed by atoms with van der Waals surface area (Å²) in [5.74, 6) is -0.694. The molecule has 0 saturated carbocycles. The van der Waals surface area contributed by atoms with Crippen molar-refractivity contribution < 1.29 is 28.8 Å². The van der Waals surface area contributed by atoms with Gasteiger partial charge < -0.3 is 14.0 Å². The van der Waals surface area contributed by atoms with Gasteiger partial charge in [-0.2, -0.15) is 0 Å². The van der Waals surface area contributed by atoms with E-state index in [1.807, 2.05) is 28.8 Å². The summed E-state index contributed by atoms with van der Waals surface area (Å²) in [5, 5.41) is 14.0. The Morgan fingerprint density at radius 2 is 1.74 bits per heavy atom. The fraction of sp³-hybridized carbons (Fsp3) is 0.0741. The Morgan fingerprint density at radius 3 is 2.53 bits per heavy atom. The van der Waals surface area contributed by atoms with Crippen molar-refractivity contribution in [1.82, 2.24) is 9.88 Å². The van der Waals surface area contributed by atoms with Gasteiger partial charge in [-0.15, -0.1) is 0 Å². The van der Waals surface area contributed by atoms with Crippen LogP contribution in [0.25, 0.3) is 17.0 Å². The van der Waals surface area contributed by atoms with Gasteiger partial charge in [0.15, 0.2) is 11.5 Å². The average Bonchev–Trinajstić information content (AvgIpc) is 3.51. The first kappa shape index (κ1) is 23.0. The molecule has 4 amide bonds. The number of rotatable bonds is 5. The number of urea groups is 1. The van der Waals surface area contributed by atoms with E-state index in [0.717, 1.165) is 21.4 Å². The quantitative estimate of drug-likeness (QED) is 0.186. The topological polar surface area (TPSA) is 133 Å². The van der Waals surface area contributed by atoms with E-state index in [9.17, 15) is 24.5 Å². The van der Waals surface area contributed by atoms with Crippen LogP contribution < -0.4 is 19.7 Å². The molecule has 0 aliphatic carbocycles. The molecule has 0 atom stereocenters. The van der Waals surface area contributed by atoms with Gasteiger partial charge in [-0.3, -0.25) is 25.0 Å². The number of non-ortho nitro benzene ring substituents is 1. The number of para-hydroxylation sites is 1. The van der Waals surface area contributed by atoms with E-state index >= 15 is 0 Å². The monoisotopic (exact) mass is 510 g/mol. The van der Waals surface area contributed by atoms with E-state index in [0.29, 0.717) is 23.6 Å². The van der Waals surface area contributed by atoms with Crippen LogP contribution >= 0.6 is 0 Å². The van der Waals surface area contributed by atoms with Crippen molar-refractivity contribution >= 4 is 46.2 Å². The highest BCUT2D eigenvalue weighted by Crippen LogP contribution is 2.36. The van der Waals surface area contributed by atoms with Gasteiger partial charge in [0.1, 0.15) is 5.57 Å². The zero-order valence-electron chi connectivity index (χ0n) is 19.6. The van der Waals surface area contributed by atoms with Crippen LogP contribution in [0.4, 0.5) is 16.2 Å². The Bertz CT molecular complexity index is 1690. The van der Waals surface area contributed by atoms with Crippen molar-refractivity contribution in [3.8, 4) is 11.5 Å². The molecule has 1 aromatic heterocycles. The molecule has 0 spiro atoms. The number of nitrogens with zero attached hydrogens (tertiary/aromatic N) is 3. The van der Waals surface area contributed by atoms with E-state index < -0.39 is 22.8 Å².